The van der Waals surface area contributed by atoms with Crippen LogP contribution in [0.1, 0.15) is 5.56 Å². The Morgan fingerprint density at radius 2 is 1.87 bits per heavy atom. The lowest BCUT2D eigenvalue weighted by Gasteiger charge is -2.15. The molecule has 82 valence electrons. The van der Waals surface area contributed by atoms with E-state index in [1.165, 1.54) is 0 Å². The first-order valence-corrected chi connectivity index (χ1v) is 8.67. The van der Waals surface area contributed by atoms with Crippen LogP contribution in [-0.2, 0) is 4.43 Å². The van der Waals surface area contributed by atoms with Crippen LogP contribution in [0.4, 0.5) is 0 Å². The minimum absolute atomic E-state index is 0.735. The van der Waals surface area contributed by atoms with E-state index in [1.54, 1.807) is 0 Å². The van der Waals surface area contributed by atoms with Crippen LogP contribution in [-0.4, -0.2) is 27.7 Å². The highest BCUT2D eigenvalue weighted by molar-refractivity contribution is 6.69. The average Bonchev–Trinajstić information content (AvgIpc) is 2.17. The van der Waals surface area contributed by atoms with Crippen LogP contribution in [0.5, 0.6) is 0 Å². The van der Waals surface area contributed by atoms with Gasteiger partial charge in [0.2, 0.25) is 0 Å². The van der Waals surface area contributed by atoms with Crippen LogP contribution in [0.2, 0.25) is 19.6 Å². The van der Waals surface area contributed by atoms with E-state index >= 15 is 0 Å². The van der Waals surface area contributed by atoms with Crippen LogP contribution >= 0.6 is 0 Å². The summed E-state index contributed by atoms with van der Waals surface area (Å²) in [5.41, 5.74) is 1.14. The van der Waals surface area contributed by atoms with Gasteiger partial charge in [-0.2, -0.15) is 0 Å². The molecule has 0 aliphatic heterocycles. The molecule has 0 spiro atoms. The summed E-state index contributed by atoms with van der Waals surface area (Å²) in [5, 5.41) is 0. The minimum Gasteiger partial charge on any atom is -0.416 e. The standard InChI is InChI=1S/C12H19NOSi/c1-15(2,3)14-10-9-13-11-12-7-5-4-6-8-12/h4-8,11H,9-10H2,1-3H3. The zero-order valence-corrected chi connectivity index (χ0v) is 10.7. The molecule has 15 heavy (non-hydrogen) atoms. The molecule has 3 heteroatoms. The molecular weight excluding hydrogens is 202 g/mol. The maximum atomic E-state index is 5.69. The lowest BCUT2D eigenvalue weighted by atomic mass is 10.2. The van der Waals surface area contributed by atoms with E-state index in [1.807, 2.05) is 36.5 Å². The fourth-order valence-corrected chi connectivity index (χ4v) is 1.82. The van der Waals surface area contributed by atoms with Crippen molar-refractivity contribution in [3.63, 3.8) is 0 Å². The number of aliphatic imine (C=N–C) groups is 1. The van der Waals surface area contributed by atoms with E-state index in [9.17, 15) is 0 Å². The van der Waals surface area contributed by atoms with Crippen LogP contribution in [0.3, 0.4) is 0 Å². The Hall–Kier alpha value is -0.933. The van der Waals surface area contributed by atoms with Crippen molar-refractivity contribution in [2.24, 2.45) is 4.99 Å². The Bertz CT molecular complexity index is 303. The van der Waals surface area contributed by atoms with Gasteiger partial charge in [0.25, 0.3) is 0 Å². The first-order chi connectivity index (χ1) is 7.08. The topological polar surface area (TPSA) is 21.6 Å². The quantitative estimate of drug-likeness (QED) is 0.425. The highest BCUT2D eigenvalue weighted by Gasteiger charge is 2.12. The van der Waals surface area contributed by atoms with Crippen molar-refractivity contribution in [3.05, 3.63) is 35.9 Å². The van der Waals surface area contributed by atoms with Gasteiger partial charge in [-0.15, -0.1) is 0 Å². The second-order valence-corrected chi connectivity index (χ2v) is 8.92. The lowest BCUT2D eigenvalue weighted by Crippen LogP contribution is -2.26. The number of nitrogens with zero attached hydrogens (tertiary/aromatic N) is 1. The van der Waals surface area contributed by atoms with Gasteiger partial charge < -0.3 is 4.43 Å². The Labute approximate surface area is 93.1 Å². The molecule has 1 aromatic carbocycles. The van der Waals surface area contributed by atoms with Crippen LogP contribution in [0, 0.1) is 0 Å². The predicted octanol–water partition coefficient (Wildman–Crippen LogP) is 2.96. The molecule has 0 bridgehead atoms. The first-order valence-electron chi connectivity index (χ1n) is 5.27. The third-order valence-corrected chi connectivity index (χ3v) is 2.87. The Kier molecular flexibility index (Phi) is 4.72. The summed E-state index contributed by atoms with van der Waals surface area (Å²) in [6.07, 6.45) is 1.90. The lowest BCUT2D eigenvalue weighted by molar-refractivity contribution is 0.323. The van der Waals surface area contributed by atoms with Crippen LogP contribution < -0.4 is 0 Å². The maximum Gasteiger partial charge on any atom is 0.183 e. The summed E-state index contributed by atoms with van der Waals surface area (Å²) in [5.74, 6) is 0. The largest absolute Gasteiger partial charge is 0.416 e. The van der Waals surface area contributed by atoms with E-state index < -0.39 is 8.32 Å². The second-order valence-electron chi connectivity index (χ2n) is 4.41. The van der Waals surface area contributed by atoms with Crippen molar-refractivity contribution in [1.82, 2.24) is 0 Å². The molecule has 0 atom stereocenters. The van der Waals surface area contributed by atoms with E-state index in [0.29, 0.717) is 0 Å². The van der Waals surface area contributed by atoms with Gasteiger partial charge in [-0.25, -0.2) is 0 Å². The van der Waals surface area contributed by atoms with E-state index in [0.717, 1.165) is 18.7 Å². The summed E-state index contributed by atoms with van der Waals surface area (Å²) in [7, 11) is -1.36. The zero-order chi connectivity index (χ0) is 11.1. The van der Waals surface area contributed by atoms with Crippen molar-refractivity contribution in [3.8, 4) is 0 Å². The van der Waals surface area contributed by atoms with Crippen molar-refractivity contribution in [2.45, 2.75) is 19.6 Å². The molecule has 2 nitrogen and oxygen atoms in total. The summed E-state index contributed by atoms with van der Waals surface area (Å²) >= 11 is 0. The van der Waals surface area contributed by atoms with Gasteiger partial charge in [0, 0.05) is 6.21 Å². The molecule has 0 aliphatic rings. The molecule has 0 unspecified atom stereocenters. The molecule has 0 fully saturated rings. The van der Waals surface area contributed by atoms with Crippen molar-refractivity contribution in [1.29, 1.82) is 0 Å². The molecule has 0 radical (unpaired) electrons. The van der Waals surface area contributed by atoms with E-state index in [-0.39, 0.29) is 0 Å². The molecule has 0 saturated heterocycles. The van der Waals surface area contributed by atoms with Gasteiger partial charge in [0.15, 0.2) is 8.32 Å². The molecule has 1 aromatic rings. The van der Waals surface area contributed by atoms with Crippen molar-refractivity contribution >= 4 is 14.5 Å². The highest BCUT2D eigenvalue weighted by Crippen LogP contribution is 2.01. The molecule has 0 N–H and O–H groups in total. The third kappa shape index (κ3) is 6.20. The normalized spacial score (nSPS) is 12.2. The summed E-state index contributed by atoms with van der Waals surface area (Å²) in [6, 6.07) is 10.1. The van der Waals surface area contributed by atoms with Gasteiger partial charge in [0.05, 0.1) is 13.2 Å². The Balaban J connectivity index is 2.24. The molecule has 0 amide bonds. The number of hydrogen-bond acceptors (Lipinski definition) is 2. The Morgan fingerprint density at radius 3 is 2.47 bits per heavy atom. The Morgan fingerprint density at radius 1 is 1.20 bits per heavy atom. The SMILES string of the molecule is C[Si](C)(C)OCCN=Cc1ccccc1. The average molecular weight is 221 g/mol. The predicted molar refractivity (Wildman–Crippen MR) is 68.2 cm³/mol. The summed E-state index contributed by atoms with van der Waals surface area (Å²) in [4.78, 5) is 4.32. The van der Waals surface area contributed by atoms with Crippen LogP contribution in [0.25, 0.3) is 0 Å². The molecule has 0 heterocycles. The van der Waals surface area contributed by atoms with Gasteiger partial charge in [0.1, 0.15) is 0 Å². The molecular formula is C12H19NOSi. The summed E-state index contributed by atoms with van der Waals surface area (Å²) in [6.45, 7) is 8.05. The second kappa shape index (κ2) is 5.83. The fraction of sp³-hybridized carbons (Fsp3) is 0.417. The van der Waals surface area contributed by atoms with Gasteiger partial charge in [-0.1, -0.05) is 30.3 Å². The van der Waals surface area contributed by atoms with Gasteiger partial charge in [-0.05, 0) is 25.2 Å². The maximum absolute atomic E-state index is 5.69. The van der Waals surface area contributed by atoms with Crippen molar-refractivity contribution < 1.29 is 4.43 Å². The van der Waals surface area contributed by atoms with Crippen molar-refractivity contribution in [2.75, 3.05) is 13.2 Å². The van der Waals surface area contributed by atoms with E-state index in [2.05, 4.69) is 24.6 Å². The van der Waals surface area contributed by atoms with E-state index in [4.69, 9.17) is 4.43 Å². The molecule has 0 saturated carbocycles. The first kappa shape index (κ1) is 12.1. The smallest absolute Gasteiger partial charge is 0.183 e. The highest BCUT2D eigenvalue weighted by atomic mass is 28.4. The fourth-order valence-electron chi connectivity index (χ4n) is 1.11. The molecule has 0 aliphatic carbocycles. The summed E-state index contributed by atoms with van der Waals surface area (Å²) < 4.78 is 5.69. The third-order valence-electron chi connectivity index (χ3n) is 1.80. The number of rotatable bonds is 5. The minimum atomic E-state index is -1.36. The zero-order valence-electron chi connectivity index (χ0n) is 9.73. The van der Waals surface area contributed by atoms with Gasteiger partial charge >= 0.3 is 0 Å². The van der Waals surface area contributed by atoms with Crippen LogP contribution in [0.15, 0.2) is 35.3 Å². The molecule has 0 aromatic heterocycles. The monoisotopic (exact) mass is 221 g/mol. The van der Waals surface area contributed by atoms with Gasteiger partial charge in [-0.3, -0.25) is 4.99 Å². The molecule has 1 rings (SSSR count). The number of benzene rings is 1. The number of hydrogen-bond donors (Lipinski definition) is 0.